The van der Waals surface area contributed by atoms with Gasteiger partial charge in [-0.25, -0.2) is 0 Å². The molecule has 7 heteroatoms. The number of aliphatic hydroxyl groups is 1. The van der Waals surface area contributed by atoms with Gasteiger partial charge in [0.1, 0.15) is 11.0 Å². The van der Waals surface area contributed by atoms with Gasteiger partial charge in [-0.15, -0.1) is 0 Å². The number of hydrogen-bond donors (Lipinski definition) is 3. The van der Waals surface area contributed by atoms with Crippen molar-refractivity contribution in [1.29, 1.82) is 0 Å². The molecular formula is C19H20N4O3. The average molecular weight is 352 g/mol. The molecule has 0 unspecified atom stereocenters. The zero-order valence-corrected chi connectivity index (χ0v) is 14.6. The number of aromatic nitrogens is 2. The van der Waals surface area contributed by atoms with Crippen LogP contribution in [0.4, 0.5) is 12.0 Å². The number of benzene rings is 2. The van der Waals surface area contributed by atoms with E-state index in [4.69, 9.17) is 8.83 Å². The SMILES string of the molecule is Cc1ccc2oc(NCC(O)CNc3nc4cc(C)ccc4o3)nc2c1. The molecule has 0 saturated carbocycles. The molecule has 0 radical (unpaired) electrons. The van der Waals surface area contributed by atoms with Crippen LogP contribution in [0.5, 0.6) is 0 Å². The Morgan fingerprint density at radius 3 is 1.77 bits per heavy atom. The summed E-state index contributed by atoms with van der Waals surface area (Å²) >= 11 is 0. The molecule has 0 atom stereocenters. The topological polar surface area (TPSA) is 96.4 Å². The van der Waals surface area contributed by atoms with Crippen molar-refractivity contribution >= 4 is 34.2 Å². The van der Waals surface area contributed by atoms with Gasteiger partial charge >= 0.3 is 0 Å². The number of nitrogens with zero attached hydrogens (tertiary/aromatic N) is 2. The Morgan fingerprint density at radius 1 is 0.846 bits per heavy atom. The lowest BCUT2D eigenvalue weighted by Gasteiger charge is -2.10. The van der Waals surface area contributed by atoms with E-state index in [0.29, 0.717) is 23.2 Å². The van der Waals surface area contributed by atoms with E-state index in [1.165, 1.54) is 0 Å². The van der Waals surface area contributed by atoms with Crippen LogP contribution in [0.25, 0.3) is 22.2 Å². The first-order chi connectivity index (χ1) is 12.6. The van der Waals surface area contributed by atoms with Crippen molar-refractivity contribution < 1.29 is 13.9 Å². The molecule has 4 rings (SSSR count). The molecule has 26 heavy (non-hydrogen) atoms. The van der Waals surface area contributed by atoms with Crippen LogP contribution in [-0.2, 0) is 0 Å². The van der Waals surface area contributed by atoms with Gasteiger partial charge in [-0.2, -0.15) is 9.97 Å². The van der Waals surface area contributed by atoms with Crippen molar-refractivity contribution in [2.75, 3.05) is 23.7 Å². The second-order valence-electron chi connectivity index (χ2n) is 6.40. The fourth-order valence-electron chi connectivity index (χ4n) is 2.71. The van der Waals surface area contributed by atoms with Gasteiger partial charge in [0.15, 0.2) is 11.2 Å². The van der Waals surface area contributed by atoms with E-state index in [1.807, 2.05) is 50.2 Å². The van der Waals surface area contributed by atoms with Gasteiger partial charge in [-0.05, 0) is 49.2 Å². The number of nitrogens with one attached hydrogen (secondary N) is 2. The minimum absolute atomic E-state index is 0.290. The first-order valence-electron chi connectivity index (χ1n) is 8.47. The quantitative estimate of drug-likeness (QED) is 0.489. The van der Waals surface area contributed by atoms with E-state index in [-0.39, 0.29) is 13.1 Å². The lowest BCUT2D eigenvalue weighted by atomic mass is 10.2. The van der Waals surface area contributed by atoms with E-state index in [2.05, 4.69) is 20.6 Å². The molecule has 0 aliphatic carbocycles. The zero-order chi connectivity index (χ0) is 18.1. The summed E-state index contributed by atoms with van der Waals surface area (Å²) in [4.78, 5) is 8.72. The first-order valence-corrected chi connectivity index (χ1v) is 8.47. The minimum atomic E-state index is -0.663. The number of aliphatic hydroxyl groups excluding tert-OH is 1. The summed E-state index contributed by atoms with van der Waals surface area (Å²) in [7, 11) is 0. The van der Waals surface area contributed by atoms with Crippen molar-refractivity contribution in [2.24, 2.45) is 0 Å². The lowest BCUT2D eigenvalue weighted by Crippen LogP contribution is -2.27. The molecule has 0 amide bonds. The number of fused-ring (bicyclic) bond motifs is 2. The smallest absolute Gasteiger partial charge is 0.295 e. The Kier molecular flexibility index (Phi) is 4.22. The van der Waals surface area contributed by atoms with Gasteiger partial charge in [-0.1, -0.05) is 12.1 Å². The predicted octanol–water partition coefficient (Wildman–Crippen LogP) is 3.47. The van der Waals surface area contributed by atoms with Gasteiger partial charge < -0.3 is 24.6 Å². The van der Waals surface area contributed by atoms with Crippen molar-refractivity contribution in [3.05, 3.63) is 47.5 Å². The maximum absolute atomic E-state index is 10.1. The molecule has 3 N–H and O–H groups in total. The fraction of sp³-hybridized carbons (Fsp3) is 0.263. The Morgan fingerprint density at radius 2 is 1.31 bits per heavy atom. The maximum Gasteiger partial charge on any atom is 0.295 e. The van der Waals surface area contributed by atoms with Crippen molar-refractivity contribution in [2.45, 2.75) is 20.0 Å². The van der Waals surface area contributed by atoms with Crippen LogP contribution in [0.15, 0.2) is 45.2 Å². The highest BCUT2D eigenvalue weighted by Gasteiger charge is 2.11. The van der Waals surface area contributed by atoms with E-state index in [9.17, 15) is 5.11 Å². The molecule has 0 bridgehead atoms. The Labute approximate surface area is 150 Å². The third kappa shape index (κ3) is 3.48. The molecule has 0 aliphatic heterocycles. The van der Waals surface area contributed by atoms with Crippen molar-refractivity contribution in [3.8, 4) is 0 Å². The van der Waals surface area contributed by atoms with Crippen LogP contribution in [0.3, 0.4) is 0 Å². The van der Waals surface area contributed by atoms with Gasteiger partial charge in [0.05, 0.1) is 6.10 Å². The number of rotatable bonds is 6. The summed E-state index contributed by atoms with van der Waals surface area (Å²) < 4.78 is 11.2. The minimum Gasteiger partial charge on any atom is -0.424 e. The third-order valence-corrected chi connectivity index (χ3v) is 4.06. The number of oxazole rings is 2. The van der Waals surface area contributed by atoms with Crippen LogP contribution in [0.1, 0.15) is 11.1 Å². The summed E-state index contributed by atoms with van der Waals surface area (Å²) in [6.45, 7) is 4.59. The number of hydrogen-bond acceptors (Lipinski definition) is 7. The van der Waals surface area contributed by atoms with Gasteiger partial charge in [0.25, 0.3) is 12.0 Å². The second-order valence-corrected chi connectivity index (χ2v) is 6.40. The van der Waals surface area contributed by atoms with E-state index in [1.54, 1.807) is 0 Å². The molecule has 0 spiro atoms. The van der Waals surface area contributed by atoms with Crippen LogP contribution >= 0.6 is 0 Å². The van der Waals surface area contributed by atoms with E-state index >= 15 is 0 Å². The van der Waals surface area contributed by atoms with Gasteiger partial charge in [0.2, 0.25) is 0 Å². The zero-order valence-electron chi connectivity index (χ0n) is 14.6. The van der Waals surface area contributed by atoms with Crippen LogP contribution in [-0.4, -0.2) is 34.3 Å². The van der Waals surface area contributed by atoms with E-state index < -0.39 is 6.10 Å². The summed E-state index contributed by atoms with van der Waals surface area (Å²) in [5.74, 6) is 0. The Balaban J connectivity index is 1.33. The lowest BCUT2D eigenvalue weighted by molar-refractivity contribution is 0.199. The maximum atomic E-state index is 10.1. The van der Waals surface area contributed by atoms with Crippen LogP contribution < -0.4 is 10.6 Å². The monoisotopic (exact) mass is 352 g/mol. The third-order valence-electron chi connectivity index (χ3n) is 4.06. The van der Waals surface area contributed by atoms with Crippen molar-refractivity contribution in [3.63, 3.8) is 0 Å². The first kappa shape index (κ1) is 16.4. The largest absolute Gasteiger partial charge is 0.424 e. The highest BCUT2D eigenvalue weighted by Crippen LogP contribution is 2.21. The molecule has 0 fully saturated rings. The standard InChI is InChI=1S/C19H20N4O3/c1-11-3-5-16-14(7-11)22-18(25-16)20-9-13(24)10-21-19-23-15-8-12(2)4-6-17(15)26-19/h3-8,13,24H,9-10H2,1-2H3,(H,20,22)(H,21,23). The molecule has 2 heterocycles. The molecule has 0 saturated heterocycles. The molecule has 2 aromatic heterocycles. The normalized spacial score (nSPS) is 11.5. The highest BCUT2D eigenvalue weighted by atomic mass is 16.4. The van der Waals surface area contributed by atoms with Crippen molar-refractivity contribution in [1.82, 2.24) is 9.97 Å². The number of aryl methyl sites for hydroxylation is 2. The molecule has 4 aromatic rings. The molecule has 0 aliphatic rings. The summed E-state index contributed by atoms with van der Waals surface area (Å²) in [6, 6.07) is 12.4. The fourth-order valence-corrected chi connectivity index (χ4v) is 2.71. The van der Waals surface area contributed by atoms with Crippen LogP contribution in [0, 0.1) is 13.8 Å². The highest BCUT2D eigenvalue weighted by molar-refractivity contribution is 5.75. The molecule has 7 nitrogen and oxygen atoms in total. The Bertz CT molecular complexity index is 969. The summed E-state index contributed by atoms with van der Waals surface area (Å²) in [5, 5.41) is 16.2. The van der Waals surface area contributed by atoms with Crippen LogP contribution in [0.2, 0.25) is 0 Å². The number of anilines is 2. The van der Waals surface area contributed by atoms with Gasteiger partial charge in [0, 0.05) is 13.1 Å². The molecular weight excluding hydrogens is 332 g/mol. The predicted molar refractivity (Wildman–Crippen MR) is 100 cm³/mol. The second kappa shape index (κ2) is 6.68. The average Bonchev–Trinajstić information content (AvgIpc) is 3.20. The summed E-state index contributed by atoms with van der Waals surface area (Å²) in [6.07, 6.45) is -0.663. The Hall–Kier alpha value is -3.06. The molecule has 134 valence electrons. The molecule has 2 aromatic carbocycles. The van der Waals surface area contributed by atoms with E-state index in [0.717, 1.165) is 22.2 Å². The summed E-state index contributed by atoms with van der Waals surface area (Å²) in [5.41, 5.74) is 5.26. The van der Waals surface area contributed by atoms with Gasteiger partial charge in [-0.3, -0.25) is 0 Å².